The number of carbonyl (C=O) groups is 1. The number of benzene rings is 1. The molecule has 4 rings (SSSR count). The monoisotopic (exact) mass is 396 g/mol. The summed E-state index contributed by atoms with van der Waals surface area (Å²) in [7, 11) is 0. The highest BCUT2D eigenvalue weighted by molar-refractivity contribution is 5.98. The molecule has 3 heterocycles. The molecule has 0 radical (unpaired) electrons. The quantitative estimate of drug-likeness (QED) is 0.717. The molecule has 1 N–H and O–H groups in total. The molecule has 0 saturated carbocycles. The van der Waals surface area contributed by atoms with Crippen LogP contribution in [0.1, 0.15) is 28.6 Å². The van der Waals surface area contributed by atoms with Crippen LogP contribution in [0.3, 0.4) is 0 Å². The SMILES string of the molecule is CCN1CCN(c2ccc(CNC(=O)c3oc4ccc(F)cc4c3C)cn2)CC1. The molecule has 0 bridgehead atoms. The van der Waals surface area contributed by atoms with E-state index in [2.05, 4.69) is 27.0 Å². The molecule has 0 atom stereocenters. The third-order valence-electron chi connectivity index (χ3n) is 5.51. The molecule has 0 unspecified atom stereocenters. The summed E-state index contributed by atoms with van der Waals surface area (Å²) in [6.07, 6.45) is 1.79. The first kappa shape index (κ1) is 19.4. The maximum atomic E-state index is 13.4. The van der Waals surface area contributed by atoms with Gasteiger partial charge in [-0.1, -0.05) is 13.0 Å². The number of halogens is 1. The molecule has 152 valence electrons. The number of aryl methyl sites for hydroxylation is 1. The third kappa shape index (κ3) is 4.10. The Morgan fingerprint density at radius 3 is 2.69 bits per heavy atom. The van der Waals surface area contributed by atoms with E-state index in [0.29, 0.717) is 23.1 Å². The number of anilines is 1. The average molecular weight is 396 g/mol. The second-order valence-electron chi connectivity index (χ2n) is 7.33. The van der Waals surface area contributed by atoms with Crippen LogP contribution in [0.5, 0.6) is 0 Å². The normalized spacial score (nSPS) is 15.1. The van der Waals surface area contributed by atoms with Gasteiger partial charge in [-0.15, -0.1) is 0 Å². The predicted octanol–water partition coefficient (Wildman–Crippen LogP) is 3.35. The standard InChI is InChI=1S/C22H25FN4O2/c1-3-26-8-10-27(11-9-26)20-7-4-16(13-24-20)14-25-22(28)21-15(2)18-12-17(23)5-6-19(18)29-21/h4-7,12-13H,3,8-11,14H2,1-2H3,(H,25,28). The summed E-state index contributed by atoms with van der Waals surface area (Å²) >= 11 is 0. The lowest BCUT2D eigenvalue weighted by molar-refractivity contribution is 0.0924. The van der Waals surface area contributed by atoms with Crippen LogP contribution in [0, 0.1) is 12.7 Å². The maximum absolute atomic E-state index is 13.4. The number of fused-ring (bicyclic) bond motifs is 1. The molecule has 1 fully saturated rings. The Morgan fingerprint density at radius 2 is 2.00 bits per heavy atom. The molecular formula is C22H25FN4O2. The van der Waals surface area contributed by atoms with Gasteiger partial charge in [-0.05, 0) is 43.3 Å². The van der Waals surface area contributed by atoms with Gasteiger partial charge in [-0.3, -0.25) is 4.79 Å². The van der Waals surface area contributed by atoms with Crippen molar-refractivity contribution in [3.63, 3.8) is 0 Å². The van der Waals surface area contributed by atoms with Gasteiger partial charge < -0.3 is 19.5 Å². The smallest absolute Gasteiger partial charge is 0.287 e. The zero-order valence-electron chi connectivity index (χ0n) is 16.7. The molecule has 1 saturated heterocycles. The highest BCUT2D eigenvalue weighted by atomic mass is 19.1. The van der Waals surface area contributed by atoms with E-state index in [-0.39, 0.29) is 17.5 Å². The first-order valence-corrected chi connectivity index (χ1v) is 9.94. The average Bonchev–Trinajstić information content (AvgIpc) is 3.08. The van der Waals surface area contributed by atoms with Crippen LogP contribution in [-0.4, -0.2) is 48.5 Å². The Kier molecular flexibility index (Phi) is 5.49. The number of likely N-dealkylation sites (N-methyl/N-ethyl adjacent to an activating group) is 1. The van der Waals surface area contributed by atoms with E-state index >= 15 is 0 Å². The summed E-state index contributed by atoms with van der Waals surface area (Å²) in [6.45, 7) is 9.43. The van der Waals surface area contributed by atoms with E-state index in [4.69, 9.17) is 4.42 Å². The van der Waals surface area contributed by atoms with Gasteiger partial charge in [0.05, 0.1) is 0 Å². The summed E-state index contributed by atoms with van der Waals surface area (Å²) in [5.74, 6) is 0.504. The van der Waals surface area contributed by atoms with E-state index in [9.17, 15) is 9.18 Å². The van der Waals surface area contributed by atoms with Crippen LogP contribution in [-0.2, 0) is 6.54 Å². The van der Waals surface area contributed by atoms with Crippen LogP contribution < -0.4 is 10.2 Å². The van der Waals surface area contributed by atoms with E-state index in [1.54, 1.807) is 13.1 Å². The van der Waals surface area contributed by atoms with Gasteiger partial charge in [-0.2, -0.15) is 0 Å². The fraction of sp³-hybridized carbons (Fsp3) is 0.364. The Morgan fingerprint density at radius 1 is 1.21 bits per heavy atom. The zero-order valence-corrected chi connectivity index (χ0v) is 16.7. The summed E-state index contributed by atoms with van der Waals surface area (Å²) < 4.78 is 19.1. The number of hydrogen-bond acceptors (Lipinski definition) is 5. The third-order valence-corrected chi connectivity index (χ3v) is 5.51. The highest BCUT2D eigenvalue weighted by Gasteiger charge is 2.19. The summed E-state index contributed by atoms with van der Waals surface area (Å²) in [6, 6.07) is 8.22. The fourth-order valence-corrected chi connectivity index (χ4v) is 3.67. The molecule has 1 aliphatic heterocycles. The second-order valence-corrected chi connectivity index (χ2v) is 7.33. The number of nitrogens with one attached hydrogen (secondary N) is 1. The highest BCUT2D eigenvalue weighted by Crippen LogP contribution is 2.26. The van der Waals surface area contributed by atoms with Crippen LogP contribution in [0.25, 0.3) is 11.0 Å². The van der Waals surface area contributed by atoms with Crippen molar-refractivity contribution in [1.82, 2.24) is 15.2 Å². The van der Waals surface area contributed by atoms with Crippen molar-refractivity contribution in [2.75, 3.05) is 37.6 Å². The van der Waals surface area contributed by atoms with Gasteiger partial charge in [0.25, 0.3) is 5.91 Å². The molecule has 3 aromatic rings. The lowest BCUT2D eigenvalue weighted by atomic mass is 10.1. The Hall–Kier alpha value is -2.93. The van der Waals surface area contributed by atoms with Gasteiger partial charge in [0.2, 0.25) is 0 Å². The van der Waals surface area contributed by atoms with Crippen molar-refractivity contribution in [2.45, 2.75) is 20.4 Å². The molecule has 2 aromatic heterocycles. The Bertz CT molecular complexity index is 1010. The largest absolute Gasteiger partial charge is 0.451 e. The predicted molar refractivity (Wildman–Crippen MR) is 111 cm³/mol. The van der Waals surface area contributed by atoms with Gasteiger partial charge in [0.15, 0.2) is 5.76 Å². The van der Waals surface area contributed by atoms with E-state index in [1.165, 1.54) is 18.2 Å². The molecule has 0 spiro atoms. The molecule has 1 aliphatic rings. The number of amides is 1. The number of hydrogen-bond donors (Lipinski definition) is 1. The van der Waals surface area contributed by atoms with Gasteiger partial charge in [-0.25, -0.2) is 9.37 Å². The fourth-order valence-electron chi connectivity index (χ4n) is 3.67. The topological polar surface area (TPSA) is 61.6 Å². The van der Waals surface area contributed by atoms with E-state index in [0.717, 1.165) is 44.1 Å². The molecule has 7 heteroatoms. The lowest BCUT2D eigenvalue weighted by Gasteiger charge is -2.34. The summed E-state index contributed by atoms with van der Waals surface area (Å²) in [4.78, 5) is 21.8. The molecule has 0 aliphatic carbocycles. The van der Waals surface area contributed by atoms with Gasteiger partial charge in [0.1, 0.15) is 17.2 Å². The summed E-state index contributed by atoms with van der Waals surface area (Å²) in [5.41, 5.74) is 2.05. The minimum Gasteiger partial charge on any atom is -0.451 e. The zero-order chi connectivity index (χ0) is 20.4. The van der Waals surface area contributed by atoms with Crippen molar-refractivity contribution in [3.05, 3.63) is 59.2 Å². The van der Waals surface area contributed by atoms with Gasteiger partial charge >= 0.3 is 0 Å². The lowest BCUT2D eigenvalue weighted by Crippen LogP contribution is -2.46. The van der Waals surface area contributed by atoms with Crippen molar-refractivity contribution < 1.29 is 13.6 Å². The molecule has 1 aromatic carbocycles. The molecule has 29 heavy (non-hydrogen) atoms. The first-order chi connectivity index (χ1) is 14.0. The van der Waals surface area contributed by atoms with Gasteiger partial charge in [0, 0.05) is 49.9 Å². The van der Waals surface area contributed by atoms with Crippen molar-refractivity contribution in [2.24, 2.45) is 0 Å². The molecule has 6 nitrogen and oxygen atoms in total. The maximum Gasteiger partial charge on any atom is 0.287 e. The van der Waals surface area contributed by atoms with Crippen molar-refractivity contribution in [3.8, 4) is 0 Å². The van der Waals surface area contributed by atoms with Crippen LogP contribution >= 0.6 is 0 Å². The first-order valence-electron chi connectivity index (χ1n) is 9.94. The number of furan rings is 1. The number of carbonyl (C=O) groups excluding carboxylic acids is 1. The number of nitrogens with zero attached hydrogens (tertiary/aromatic N) is 3. The second kappa shape index (κ2) is 8.21. The Labute approximate surface area is 169 Å². The van der Waals surface area contributed by atoms with Crippen LogP contribution in [0.2, 0.25) is 0 Å². The van der Waals surface area contributed by atoms with Crippen LogP contribution in [0.15, 0.2) is 40.9 Å². The van der Waals surface area contributed by atoms with Crippen LogP contribution in [0.4, 0.5) is 10.2 Å². The minimum atomic E-state index is -0.351. The van der Waals surface area contributed by atoms with E-state index < -0.39 is 0 Å². The van der Waals surface area contributed by atoms with Crippen molar-refractivity contribution in [1.29, 1.82) is 0 Å². The van der Waals surface area contributed by atoms with E-state index in [1.807, 2.05) is 12.1 Å². The number of aromatic nitrogens is 1. The van der Waals surface area contributed by atoms with Crippen molar-refractivity contribution >= 4 is 22.7 Å². The summed E-state index contributed by atoms with van der Waals surface area (Å²) in [5, 5.41) is 3.47. The number of pyridine rings is 1. The molecule has 1 amide bonds. The Balaban J connectivity index is 1.38. The minimum absolute atomic E-state index is 0.212. The number of piperazine rings is 1. The molecular weight excluding hydrogens is 371 g/mol. The number of rotatable bonds is 5.